The van der Waals surface area contributed by atoms with Crippen LogP contribution in [-0.4, -0.2) is 16.6 Å². The van der Waals surface area contributed by atoms with Gasteiger partial charge in [-0.25, -0.2) is 4.98 Å². The molecule has 0 saturated heterocycles. The molecule has 3 nitrogen and oxygen atoms in total. The van der Waals surface area contributed by atoms with Crippen LogP contribution in [0.15, 0.2) is 12.3 Å². The molecule has 1 aromatic heterocycles. The van der Waals surface area contributed by atoms with Crippen LogP contribution in [0.5, 0.6) is 6.01 Å². The molecule has 4 heteroatoms. The van der Waals surface area contributed by atoms with Gasteiger partial charge in [0.15, 0.2) is 0 Å². The summed E-state index contributed by atoms with van der Waals surface area (Å²) in [5.41, 5.74) is 0. The Labute approximate surface area is 73.0 Å². The van der Waals surface area contributed by atoms with E-state index in [0.29, 0.717) is 12.6 Å². The minimum Gasteiger partial charge on any atom is -0.464 e. The summed E-state index contributed by atoms with van der Waals surface area (Å²) in [6.07, 6.45) is 1.68. The Morgan fingerprint density at radius 3 is 3.10 bits per heavy atom. The molecule has 0 atom stereocenters. The Morgan fingerprint density at radius 1 is 1.70 bits per heavy atom. The highest BCUT2D eigenvalue weighted by Gasteiger charge is 1.93. The molecule has 0 bridgehead atoms. The van der Waals surface area contributed by atoms with Crippen molar-refractivity contribution >= 4 is 22.6 Å². The minimum absolute atomic E-state index is 0.453. The zero-order valence-corrected chi connectivity index (χ0v) is 7.70. The molecule has 1 heterocycles. The van der Waals surface area contributed by atoms with Gasteiger partial charge in [-0.3, -0.25) is 0 Å². The normalized spacial score (nSPS) is 9.40. The van der Waals surface area contributed by atoms with E-state index in [1.807, 2.05) is 13.0 Å². The summed E-state index contributed by atoms with van der Waals surface area (Å²) in [5.74, 6) is 0. The molecular formula is C6H7IN2O. The third kappa shape index (κ3) is 2.09. The second-order valence-electron chi connectivity index (χ2n) is 1.59. The van der Waals surface area contributed by atoms with E-state index in [4.69, 9.17) is 4.74 Å². The third-order valence-corrected chi connectivity index (χ3v) is 1.47. The van der Waals surface area contributed by atoms with Gasteiger partial charge >= 0.3 is 6.01 Å². The van der Waals surface area contributed by atoms with E-state index in [1.165, 1.54) is 0 Å². The van der Waals surface area contributed by atoms with Crippen molar-refractivity contribution in [3.63, 3.8) is 0 Å². The van der Waals surface area contributed by atoms with Gasteiger partial charge in [-0.2, -0.15) is 4.98 Å². The molecule has 0 N–H and O–H groups in total. The Hall–Kier alpha value is -0.390. The van der Waals surface area contributed by atoms with Gasteiger partial charge in [-0.15, -0.1) is 0 Å². The van der Waals surface area contributed by atoms with Crippen LogP contribution in [0.3, 0.4) is 0 Å². The van der Waals surface area contributed by atoms with Crippen LogP contribution >= 0.6 is 22.6 Å². The first kappa shape index (κ1) is 7.71. The maximum Gasteiger partial charge on any atom is 0.317 e. The monoisotopic (exact) mass is 250 g/mol. The van der Waals surface area contributed by atoms with Gasteiger partial charge in [0, 0.05) is 6.20 Å². The lowest BCUT2D eigenvalue weighted by Gasteiger charge is -1.98. The Balaban J connectivity index is 2.75. The van der Waals surface area contributed by atoms with Crippen molar-refractivity contribution in [2.45, 2.75) is 6.92 Å². The Bertz CT molecular complexity index is 217. The second-order valence-corrected chi connectivity index (χ2v) is 2.70. The predicted octanol–water partition coefficient (Wildman–Crippen LogP) is 1.48. The van der Waals surface area contributed by atoms with Gasteiger partial charge in [0.2, 0.25) is 0 Å². The molecular weight excluding hydrogens is 243 g/mol. The van der Waals surface area contributed by atoms with Crippen molar-refractivity contribution in [1.82, 2.24) is 9.97 Å². The molecule has 0 spiro atoms. The van der Waals surface area contributed by atoms with Crippen molar-refractivity contribution in [3.05, 3.63) is 16.0 Å². The lowest BCUT2D eigenvalue weighted by atomic mass is 10.7. The number of nitrogens with zero attached hydrogens (tertiary/aromatic N) is 2. The summed E-state index contributed by atoms with van der Waals surface area (Å²) in [6.45, 7) is 2.52. The average molecular weight is 250 g/mol. The van der Waals surface area contributed by atoms with Crippen LogP contribution in [0.25, 0.3) is 0 Å². The predicted molar refractivity (Wildman–Crippen MR) is 45.9 cm³/mol. The standard InChI is InChI=1S/C6H7IN2O/c1-2-10-6-8-4-3-5(7)9-6/h3-4H,2H2,1H3. The first-order chi connectivity index (χ1) is 4.83. The highest BCUT2D eigenvalue weighted by atomic mass is 127. The fourth-order valence-electron chi connectivity index (χ4n) is 0.519. The van der Waals surface area contributed by atoms with Crippen LogP contribution in [0, 0.1) is 3.70 Å². The fraction of sp³-hybridized carbons (Fsp3) is 0.333. The fourth-order valence-corrected chi connectivity index (χ4v) is 0.886. The van der Waals surface area contributed by atoms with E-state index < -0.39 is 0 Å². The van der Waals surface area contributed by atoms with Gasteiger partial charge in [0.25, 0.3) is 0 Å². The van der Waals surface area contributed by atoms with Crippen molar-refractivity contribution in [2.75, 3.05) is 6.61 Å². The minimum atomic E-state index is 0.453. The first-order valence-corrected chi connectivity index (χ1v) is 4.02. The van der Waals surface area contributed by atoms with E-state index in [9.17, 15) is 0 Å². The van der Waals surface area contributed by atoms with Gasteiger partial charge in [0.1, 0.15) is 3.70 Å². The number of aromatic nitrogens is 2. The number of ether oxygens (including phenoxy) is 1. The Morgan fingerprint density at radius 2 is 2.50 bits per heavy atom. The quantitative estimate of drug-likeness (QED) is 0.589. The molecule has 0 amide bonds. The summed E-state index contributed by atoms with van der Waals surface area (Å²) < 4.78 is 5.96. The number of halogens is 1. The lowest BCUT2D eigenvalue weighted by molar-refractivity contribution is 0.311. The highest BCUT2D eigenvalue weighted by Crippen LogP contribution is 2.04. The van der Waals surface area contributed by atoms with Crippen molar-refractivity contribution < 1.29 is 4.74 Å². The van der Waals surface area contributed by atoms with E-state index in [1.54, 1.807) is 6.20 Å². The second kappa shape index (κ2) is 3.70. The summed E-state index contributed by atoms with van der Waals surface area (Å²) in [7, 11) is 0. The van der Waals surface area contributed by atoms with Gasteiger partial charge in [-0.1, -0.05) is 0 Å². The van der Waals surface area contributed by atoms with Crippen LogP contribution in [0.4, 0.5) is 0 Å². The van der Waals surface area contributed by atoms with Gasteiger partial charge in [0.05, 0.1) is 6.61 Å². The number of rotatable bonds is 2. The number of hydrogen-bond donors (Lipinski definition) is 0. The summed E-state index contributed by atoms with van der Waals surface area (Å²) in [6, 6.07) is 2.28. The smallest absolute Gasteiger partial charge is 0.317 e. The maximum absolute atomic E-state index is 5.06. The molecule has 0 aromatic carbocycles. The van der Waals surface area contributed by atoms with Crippen molar-refractivity contribution in [2.24, 2.45) is 0 Å². The zero-order valence-electron chi connectivity index (χ0n) is 5.54. The molecule has 54 valence electrons. The zero-order chi connectivity index (χ0) is 7.40. The van der Waals surface area contributed by atoms with Gasteiger partial charge in [-0.05, 0) is 35.6 Å². The molecule has 0 aliphatic carbocycles. The van der Waals surface area contributed by atoms with E-state index in [0.717, 1.165) is 3.70 Å². The molecule has 0 aliphatic heterocycles. The van der Waals surface area contributed by atoms with E-state index in [2.05, 4.69) is 32.6 Å². The molecule has 0 unspecified atom stereocenters. The summed E-state index contributed by atoms with van der Waals surface area (Å²) >= 11 is 2.11. The van der Waals surface area contributed by atoms with E-state index in [-0.39, 0.29) is 0 Å². The molecule has 1 aromatic rings. The van der Waals surface area contributed by atoms with Crippen LogP contribution in [0.1, 0.15) is 6.92 Å². The topological polar surface area (TPSA) is 35.0 Å². The van der Waals surface area contributed by atoms with Gasteiger partial charge < -0.3 is 4.74 Å². The molecule has 10 heavy (non-hydrogen) atoms. The molecule has 0 aliphatic rings. The van der Waals surface area contributed by atoms with Crippen molar-refractivity contribution in [1.29, 1.82) is 0 Å². The molecule has 0 fully saturated rings. The third-order valence-electron chi connectivity index (χ3n) is 0.873. The summed E-state index contributed by atoms with van der Waals surface area (Å²) in [4.78, 5) is 7.91. The molecule has 0 saturated carbocycles. The van der Waals surface area contributed by atoms with E-state index >= 15 is 0 Å². The highest BCUT2D eigenvalue weighted by molar-refractivity contribution is 14.1. The largest absolute Gasteiger partial charge is 0.464 e. The SMILES string of the molecule is CCOc1nccc(I)n1. The van der Waals surface area contributed by atoms with Crippen molar-refractivity contribution in [3.8, 4) is 6.01 Å². The van der Waals surface area contributed by atoms with Crippen LogP contribution < -0.4 is 4.74 Å². The summed E-state index contributed by atoms with van der Waals surface area (Å²) in [5, 5.41) is 0. The molecule has 0 radical (unpaired) electrons. The Kier molecular flexibility index (Phi) is 2.85. The molecule has 1 rings (SSSR count). The maximum atomic E-state index is 5.06. The average Bonchev–Trinajstić information content (AvgIpc) is 1.88. The lowest BCUT2D eigenvalue weighted by Crippen LogP contribution is -1.97. The first-order valence-electron chi connectivity index (χ1n) is 2.94. The number of hydrogen-bond acceptors (Lipinski definition) is 3. The van der Waals surface area contributed by atoms with Crippen LogP contribution in [-0.2, 0) is 0 Å². The van der Waals surface area contributed by atoms with Crippen LogP contribution in [0.2, 0.25) is 0 Å².